The largest absolute Gasteiger partial charge is 0.469 e. The van der Waals surface area contributed by atoms with Gasteiger partial charge in [0, 0.05) is 0 Å². The van der Waals surface area contributed by atoms with Crippen molar-refractivity contribution in [3.05, 3.63) is 0 Å². The lowest BCUT2D eigenvalue weighted by atomic mass is 9.78. The molecular weight excluding hydrogens is 287 g/mol. The monoisotopic (exact) mass is 322 g/mol. The van der Waals surface area contributed by atoms with Crippen LogP contribution >= 0.6 is 7.82 Å². The summed E-state index contributed by atoms with van der Waals surface area (Å²) in [6.07, 6.45) is 6.55. The van der Waals surface area contributed by atoms with Crippen LogP contribution in [0.2, 0.25) is 0 Å². The number of phosphoric acid groups is 1. The molecule has 0 fully saturated rings. The lowest BCUT2D eigenvalue weighted by Gasteiger charge is -2.35. The molecule has 1 atom stereocenters. The van der Waals surface area contributed by atoms with Crippen molar-refractivity contribution in [1.82, 2.24) is 0 Å². The van der Waals surface area contributed by atoms with Gasteiger partial charge in [0.25, 0.3) is 0 Å². The van der Waals surface area contributed by atoms with Crippen molar-refractivity contribution < 1.29 is 18.9 Å². The summed E-state index contributed by atoms with van der Waals surface area (Å²) in [5.41, 5.74) is 0.0210. The van der Waals surface area contributed by atoms with Crippen LogP contribution in [-0.2, 0) is 9.09 Å². The highest BCUT2D eigenvalue weighted by molar-refractivity contribution is 7.46. The van der Waals surface area contributed by atoms with E-state index in [1.54, 1.807) is 0 Å². The molecule has 0 saturated heterocycles. The molecular formula is C16H35O4P. The second kappa shape index (κ2) is 8.67. The van der Waals surface area contributed by atoms with Gasteiger partial charge in [0.05, 0.1) is 6.10 Å². The van der Waals surface area contributed by atoms with Crippen LogP contribution in [0, 0.1) is 10.8 Å². The molecule has 0 saturated carbocycles. The first-order chi connectivity index (χ1) is 9.37. The van der Waals surface area contributed by atoms with Gasteiger partial charge in [0.2, 0.25) is 0 Å². The molecule has 0 aromatic carbocycles. The van der Waals surface area contributed by atoms with Crippen molar-refractivity contribution in [1.29, 1.82) is 0 Å². The van der Waals surface area contributed by atoms with E-state index in [-0.39, 0.29) is 10.8 Å². The maximum atomic E-state index is 11.3. The van der Waals surface area contributed by atoms with Crippen LogP contribution in [0.4, 0.5) is 0 Å². The SMILES string of the molecule is CCCCCC(C)(C)C(CCCC(C)(C)C)OP(=O)(O)O. The summed E-state index contributed by atoms with van der Waals surface area (Å²) in [6.45, 7) is 12.8. The number of hydrogen-bond donors (Lipinski definition) is 2. The Kier molecular flexibility index (Phi) is 8.71. The zero-order chi connectivity index (χ0) is 16.7. The first kappa shape index (κ1) is 21.1. The Morgan fingerprint density at radius 1 is 1.00 bits per heavy atom. The summed E-state index contributed by atoms with van der Waals surface area (Å²) >= 11 is 0. The second-order valence-electron chi connectivity index (χ2n) is 7.98. The van der Waals surface area contributed by atoms with E-state index in [0.29, 0.717) is 6.42 Å². The van der Waals surface area contributed by atoms with Crippen molar-refractivity contribution in [2.45, 2.75) is 92.6 Å². The number of rotatable bonds is 10. The molecule has 0 amide bonds. The minimum atomic E-state index is -4.44. The van der Waals surface area contributed by atoms with Gasteiger partial charge < -0.3 is 9.79 Å². The van der Waals surface area contributed by atoms with Gasteiger partial charge in [-0.15, -0.1) is 0 Å². The Labute approximate surface area is 130 Å². The van der Waals surface area contributed by atoms with E-state index < -0.39 is 13.9 Å². The Hall–Kier alpha value is 0.110. The van der Waals surface area contributed by atoms with Crippen molar-refractivity contribution in [2.75, 3.05) is 0 Å². The fraction of sp³-hybridized carbons (Fsp3) is 1.00. The molecule has 0 radical (unpaired) electrons. The van der Waals surface area contributed by atoms with Gasteiger partial charge in [-0.2, -0.15) is 0 Å². The first-order valence-electron chi connectivity index (χ1n) is 8.11. The molecule has 0 heterocycles. The Bertz CT molecular complexity index is 328. The highest BCUT2D eigenvalue weighted by Crippen LogP contribution is 2.45. The van der Waals surface area contributed by atoms with Crippen LogP contribution in [-0.4, -0.2) is 15.9 Å². The third kappa shape index (κ3) is 11.3. The number of unbranched alkanes of at least 4 members (excludes halogenated alkanes) is 2. The van der Waals surface area contributed by atoms with Crippen LogP contribution in [0.1, 0.15) is 86.5 Å². The van der Waals surface area contributed by atoms with Gasteiger partial charge >= 0.3 is 7.82 Å². The van der Waals surface area contributed by atoms with Gasteiger partial charge in [-0.1, -0.05) is 67.2 Å². The highest BCUT2D eigenvalue weighted by Gasteiger charge is 2.34. The molecule has 21 heavy (non-hydrogen) atoms. The molecule has 0 aliphatic rings. The van der Waals surface area contributed by atoms with E-state index in [2.05, 4.69) is 41.5 Å². The van der Waals surface area contributed by atoms with E-state index in [4.69, 9.17) is 4.52 Å². The molecule has 0 aromatic rings. The second-order valence-corrected chi connectivity index (χ2v) is 9.18. The van der Waals surface area contributed by atoms with E-state index in [1.807, 2.05) is 0 Å². The lowest BCUT2D eigenvalue weighted by Crippen LogP contribution is -2.31. The average molecular weight is 322 g/mol. The standard InChI is InChI=1S/C16H35O4P/c1-7-8-9-13-16(5,6)14(20-21(17,18)19)11-10-12-15(2,3)4/h14H,7-13H2,1-6H3,(H2,17,18,19). The molecule has 0 rings (SSSR count). The summed E-state index contributed by atoms with van der Waals surface area (Å²) in [4.78, 5) is 18.3. The van der Waals surface area contributed by atoms with Crippen LogP contribution < -0.4 is 0 Å². The third-order valence-corrected chi connectivity index (χ3v) is 4.48. The fourth-order valence-electron chi connectivity index (χ4n) is 2.56. The van der Waals surface area contributed by atoms with Gasteiger partial charge in [-0.25, -0.2) is 4.57 Å². The molecule has 0 aliphatic heterocycles. The summed E-state index contributed by atoms with van der Waals surface area (Å²) in [5.74, 6) is 0. The van der Waals surface area contributed by atoms with Crippen molar-refractivity contribution in [3.8, 4) is 0 Å². The quantitative estimate of drug-likeness (QED) is 0.424. The maximum absolute atomic E-state index is 11.3. The van der Waals surface area contributed by atoms with Gasteiger partial charge in [-0.3, -0.25) is 4.52 Å². The Morgan fingerprint density at radius 2 is 1.57 bits per heavy atom. The molecule has 0 aromatic heterocycles. The highest BCUT2D eigenvalue weighted by atomic mass is 31.2. The van der Waals surface area contributed by atoms with Crippen molar-refractivity contribution in [3.63, 3.8) is 0 Å². The summed E-state index contributed by atoms with van der Waals surface area (Å²) < 4.78 is 16.4. The molecule has 5 heteroatoms. The van der Waals surface area contributed by atoms with Crippen molar-refractivity contribution >= 4 is 7.82 Å². The average Bonchev–Trinajstić information content (AvgIpc) is 2.24. The molecule has 0 bridgehead atoms. The van der Waals surface area contributed by atoms with Crippen LogP contribution in [0.25, 0.3) is 0 Å². The van der Waals surface area contributed by atoms with Crippen LogP contribution in [0.5, 0.6) is 0 Å². The normalized spacial score (nSPS) is 15.2. The summed E-state index contributed by atoms with van der Waals surface area (Å²) in [7, 11) is -4.44. The Morgan fingerprint density at radius 3 is 2.00 bits per heavy atom. The fourth-order valence-corrected chi connectivity index (χ4v) is 3.28. The van der Waals surface area contributed by atoms with E-state index >= 15 is 0 Å². The molecule has 128 valence electrons. The smallest absolute Gasteiger partial charge is 0.303 e. The van der Waals surface area contributed by atoms with Crippen LogP contribution in [0.15, 0.2) is 0 Å². The lowest BCUT2D eigenvalue weighted by molar-refractivity contribution is 0.0270. The maximum Gasteiger partial charge on any atom is 0.469 e. The predicted molar refractivity (Wildman–Crippen MR) is 88.1 cm³/mol. The topological polar surface area (TPSA) is 66.8 Å². The van der Waals surface area contributed by atoms with E-state index in [1.165, 1.54) is 0 Å². The number of phosphoric ester groups is 1. The summed E-state index contributed by atoms with van der Waals surface area (Å²) in [6, 6.07) is 0. The minimum absolute atomic E-state index is 0.214. The zero-order valence-corrected chi connectivity index (χ0v) is 15.6. The molecule has 4 nitrogen and oxygen atoms in total. The predicted octanol–water partition coefficient (Wildman–Crippen LogP) is 5.29. The Balaban J connectivity index is 4.67. The van der Waals surface area contributed by atoms with Gasteiger partial charge in [0.15, 0.2) is 0 Å². The van der Waals surface area contributed by atoms with Crippen molar-refractivity contribution in [2.24, 2.45) is 10.8 Å². The first-order valence-corrected chi connectivity index (χ1v) is 9.64. The minimum Gasteiger partial charge on any atom is -0.303 e. The number of hydrogen-bond acceptors (Lipinski definition) is 2. The van der Waals surface area contributed by atoms with Gasteiger partial charge in [-0.05, 0) is 30.1 Å². The van der Waals surface area contributed by atoms with Crippen LogP contribution in [0.3, 0.4) is 0 Å². The van der Waals surface area contributed by atoms with E-state index in [0.717, 1.165) is 38.5 Å². The summed E-state index contributed by atoms with van der Waals surface area (Å²) in [5, 5.41) is 0. The van der Waals surface area contributed by atoms with E-state index in [9.17, 15) is 14.4 Å². The zero-order valence-electron chi connectivity index (χ0n) is 14.7. The third-order valence-electron chi connectivity index (χ3n) is 3.95. The molecule has 0 spiro atoms. The molecule has 1 unspecified atom stereocenters. The molecule has 0 aliphatic carbocycles. The molecule has 2 N–H and O–H groups in total. The van der Waals surface area contributed by atoms with Gasteiger partial charge in [0.1, 0.15) is 0 Å².